The van der Waals surface area contributed by atoms with Crippen molar-refractivity contribution in [1.82, 2.24) is 10.3 Å². The predicted octanol–water partition coefficient (Wildman–Crippen LogP) is 1.29. The van der Waals surface area contributed by atoms with Crippen molar-refractivity contribution >= 4 is 16.8 Å². The summed E-state index contributed by atoms with van der Waals surface area (Å²) in [7, 11) is 1.56. The molecule has 0 fully saturated rings. The third kappa shape index (κ3) is 2.82. The molecule has 2 aromatic rings. The first-order valence-electron chi connectivity index (χ1n) is 6.03. The van der Waals surface area contributed by atoms with E-state index in [1.165, 1.54) is 6.20 Å². The first kappa shape index (κ1) is 13.3. The van der Waals surface area contributed by atoms with Gasteiger partial charge in [-0.1, -0.05) is 12.1 Å². The smallest absolute Gasteiger partial charge is 0.257 e. The number of H-pyrrole nitrogens is 1. The third-order valence-electron chi connectivity index (χ3n) is 2.83. The van der Waals surface area contributed by atoms with Gasteiger partial charge in [0.05, 0.1) is 6.61 Å². The van der Waals surface area contributed by atoms with Gasteiger partial charge in [0.15, 0.2) is 0 Å². The lowest BCUT2D eigenvalue weighted by Crippen LogP contribution is -2.38. The molecule has 5 nitrogen and oxygen atoms in total. The molecule has 0 spiro atoms. The number of amides is 1. The number of methoxy groups -OCH3 is 1. The fraction of sp³-hybridized carbons (Fsp3) is 0.286. The van der Waals surface area contributed by atoms with Crippen LogP contribution in [0, 0.1) is 0 Å². The molecule has 2 N–H and O–H groups in total. The van der Waals surface area contributed by atoms with E-state index < -0.39 is 5.91 Å². The number of para-hydroxylation sites is 1. The Morgan fingerprint density at radius 2 is 2.16 bits per heavy atom. The Labute approximate surface area is 110 Å². The maximum Gasteiger partial charge on any atom is 0.257 e. The number of ether oxygens (including phenoxy) is 1. The molecule has 0 aliphatic rings. The van der Waals surface area contributed by atoms with E-state index in [1.54, 1.807) is 25.3 Å². The van der Waals surface area contributed by atoms with E-state index in [4.69, 9.17) is 4.74 Å². The second-order valence-corrected chi connectivity index (χ2v) is 4.41. The maximum atomic E-state index is 12.2. The molecular formula is C14H16N2O3. The number of carbonyl (C=O) groups excluding carboxylic acids is 1. The van der Waals surface area contributed by atoms with Gasteiger partial charge < -0.3 is 15.0 Å². The van der Waals surface area contributed by atoms with Crippen molar-refractivity contribution in [2.45, 2.75) is 13.0 Å². The van der Waals surface area contributed by atoms with Crippen molar-refractivity contribution in [2.75, 3.05) is 13.7 Å². The summed E-state index contributed by atoms with van der Waals surface area (Å²) < 4.78 is 4.94. The Morgan fingerprint density at radius 1 is 1.42 bits per heavy atom. The molecule has 1 aromatic heterocycles. The van der Waals surface area contributed by atoms with Gasteiger partial charge in [0.25, 0.3) is 5.91 Å². The molecule has 5 heteroatoms. The van der Waals surface area contributed by atoms with Crippen molar-refractivity contribution in [3.63, 3.8) is 0 Å². The summed E-state index contributed by atoms with van der Waals surface area (Å²) >= 11 is 0. The number of rotatable bonds is 4. The van der Waals surface area contributed by atoms with Gasteiger partial charge in [-0.25, -0.2) is 0 Å². The van der Waals surface area contributed by atoms with Crippen molar-refractivity contribution in [3.05, 3.63) is 46.2 Å². The SMILES string of the molecule is COC[C@@H](C)NC(=O)c1c[nH]c2ccccc2c1=O. The predicted molar refractivity (Wildman–Crippen MR) is 73.4 cm³/mol. The average Bonchev–Trinajstić information content (AvgIpc) is 2.39. The molecule has 0 radical (unpaired) electrons. The molecule has 0 unspecified atom stereocenters. The normalized spacial score (nSPS) is 12.3. The fourth-order valence-corrected chi connectivity index (χ4v) is 1.93. The quantitative estimate of drug-likeness (QED) is 0.870. The van der Waals surface area contributed by atoms with Crippen LogP contribution in [0.5, 0.6) is 0 Å². The number of aromatic nitrogens is 1. The van der Waals surface area contributed by atoms with Gasteiger partial charge in [-0.05, 0) is 19.1 Å². The topological polar surface area (TPSA) is 71.2 Å². The highest BCUT2D eigenvalue weighted by Gasteiger charge is 2.14. The number of pyridine rings is 1. The first-order chi connectivity index (χ1) is 9.13. The molecular weight excluding hydrogens is 244 g/mol. The summed E-state index contributed by atoms with van der Waals surface area (Å²) in [5, 5.41) is 3.23. The molecule has 1 amide bonds. The standard InChI is InChI=1S/C14H16N2O3/c1-9(8-19-2)16-14(18)11-7-15-12-6-4-3-5-10(12)13(11)17/h3-7,9H,8H2,1-2H3,(H,15,17)(H,16,18)/t9-/m1/s1. The summed E-state index contributed by atoms with van der Waals surface area (Å²) in [6.45, 7) is 2.22. The summed E-state index contributed by atoms with van der Waals surface area (Å²) in [4.78, 5) is 27.2. The van der Waals surface area contributed by atoms with Crippen molar-refractivity contribution in [3.8, 4) is 0 Å². The average molecular weight is 260 g/mol. The Balaban J connectivity index is 2.33. The summed E-state index contributed by atoms with van der Waals surface area (Å²) in [5.74, 6) is -0.392. The molecule has 0 saturated heterocycles. The van der Waals surface area contributed by atoms with Crippen LogP contribution in [-0.4, -0.2) is 30.6 Å². The second kappa shape index (κ2) is 5.67. The minimum atomic E-state index is -0.392. The van der Waals surface area contributed by atoms with E-state index in [1.807, 2.05) is 13.0 Å². The molecule has 1 atom stereocenters. The highest BCUT2D eigenvalue weighted by atomic mass is 16.5. The molecule has 0 saturated carbocycles. The number of hydrogen-bond donors (Lipinski definition) is 2. The Hall–Kier alpha value is -2.14. The highest BCUT2D eigenvalue weighted by molar-refractivity contribution is 5.97. The van der Waals surface area contributed by atoms with Crippen LogP contribution in [-0.2, 0) is 4.74 Å². The van der Waals surface area contributed by atoms with Gasteiger partial charge in [-0.3, -0.25) is 9.59 Å². The van der Waals surface area contributed by atoms with E-state index in [0.29, 0.717) is 17.5 Å². The third-order valence-corrected chi connectivity index (χ3v) is 2.83. The number of fused-ring (bicyclic) bond motifs is 1. The molecule has 0 aliphatic heterocycles. The molecule has 0 aliphatic carbocycles. The molecule has 1 aromatic carbocycles. The fourth-order valence-electron chi connectivity index (χ4n) is 1.93. The lowest BCUT2D eigenvalue weighted by molar-refractivity contribution is 0.0904. The molecule has 100 valence electrons. The number of nitrogens with one attached hydrogen (secondary N) is 2. The van der Waals surface area contributed by atoms with Crippen LogP contribution in [0.2, 0.25) is 0 Å². The molecule has 1 heterocycles. The van der Waals surface area contributed by atoms with E-state index in [9.17, 15) is 9.59 Å². The second-order valence-electron chi connectivity index (χ2n) is 4.41. The molecule has 2 rings (SSSR count). The Bertz CT molecular complexity index is 648. The zero-order valence-corrected chi connectivity index (χ0v) is 10.9. The number of hydrogen-bond acceptors (Lipinski definition) is 3. The van der Waals surface area contributed by atoms with Crippen LogP contribution in [0.15, 0.2) is 35.3 Å². The monoisotopic (exact) mass is 260 g/mol. The zero-order valence-electron chi connectivity index (χ0n) is 10.9. The summed E-state index contributed by atoms with van der Waals surface area (Å²) in [5.41, 5.74) is 0.562. The largest absolute Gasteiger partial charge is 0.383 e. The van der Waals surface area contributed by atoms with Gasteiger partial charge in [0.1, 0.15) is 5.56 Å². The van der Waals surface area contributed by atoms with E-state index in [0.717, 1.165) is 0 Å². The van der Waals surface area contributed by atoms with E-state index >= 15 is 0 Å². The van der Waals surface area contributed by atoms with Gasteiger partial charge >= 0.3 is 0 Å². The minimum Gasteiger partial charge on any atom is -0.383 e. The van der Waals surface area contributed by atoms with E-state index in [2.05, 4.69) is 10.3 Å². The maximum absolute atomic E-state index is 12.2. The zero-order chi connectivity index (χ0) is 13.8. The number of carbonyl (C=O) groups is 1. The van der Waals surface area contributed by atoms with Crippen molar-refractivity contribution in [2.24, 2.45) is 0 Å². The van der Waals surface area contributed by atoms with Crippen LogP contribution in [0.4, 0.5) is 0 Å². The van der Waals surface area contributed by atoms with Crippen LogP contribution in [0.1, 0.15) is 17.3 Å². The number of benzene rings is 1. The highest BCUT2D eigenvalue weighted by Crippen LogP contribution is 2.07. The van der Waals surface area contributed by atoms with Crippen LogP contribution in [0.3, 0.4) is 0 Å². The van der Waals surface area contributed by atoms with Crippen LogP contribution in [0.25, 0.3) is 10.9 Å². The van der Waals surface area contributed by atoms with Gasteiger partial charge in [-0.15, -0.1) is 0 Å². The number of aromatic amines is 1. The summed E-state index contributed by atoms with van der Waals surface area (Å²) in [6.07, 6.45) is 1.44. The molecule has 0 bridgehead atoms. The Morgan fingerprint density at radius 3 is 2.89 bits per heavy atom. The van der Waals surface area contributed by atoms with Gasteiger partial charge in [0.2, 0.25) is 5.43 Å². The van der Waals surface area contributed by atoms with E-state index in [-0.39, 0.29) is 17.0 Å². The van der Waals surface area contributed by atoms with Crippen molar-refractivity contribution < 1.29 is 9.53 Å². The van der Waals surface area contributed by atoms with Crippen LogP contribution < -0.4 is 10.7 Å². The minimum absolute atomic E-state index is 0.113. The van der Waals surface area contributed by atoms with Crippen LogP contribution >= 0.6 is 0 Å². The van der Waals surface area contributed by atoms with Gasteiger partial charge in [-0.2, -0.15) is 0 Å². The lowest BCUT2D eigenvalue weighted by Gasteiger charge is -2.12. The summed E-state index contributed by atoms with van der Waals surface area (Å²) in [6, 6.07) is 6.95. The van der Waals surface area contributed by atoms with Crippen molar-refractivity contribution in [1.29, 1.82) is 0 Å². The van der Waals surface area contributed by atoms with Gasteiger partial charge in [0, 0.05) is 30.3 Å². The lowest BCUT2D eigenvalue weighted by atomic mass is 10.1. The first-order valence-corrected chi connectivity index (χ1v) is 6.03. The Kier molecular flexibility index (Phi) is 3.97. The molecule has 19 heavy (non-hydrogen) atoms.